The second-order valence-electron chi connectivity index (χ2n) is 11.8. The lowest BCUT2D eigenvalue weighted by Gasteiger charge is -2.37. The number of fused-ring (bicyclic) bond motifs is 1. The van der Waals surface area contributed by atoms with Gasteiger partial charge in [-0.05, 0) is 37.0 Å². The van der Waals surface area contributed by atoms with Crippen molar-refractivity contribution in [1.82, 2.24) is 9.80 Å². The number of hydrogen-bond acceptors (Lipinski definition) is 8. The second-order valence-corrected chi connectivity index (χ2v) is 11.8. The summed E-state index contributed by atoms with van der Waals surface area (Å²) in [5, 5.41) is 10.6. The summed E-state index contributed by atoms with van der Waals surface area (Å²) in [6.07, 6.45) is 4.01. The molecule has 2 fully saturated rings. The molecule has 3 heterocycles. The van der Waals surface area contributed by atoms with Gasteiger partial charge in [0.25, 0.3) is 0 Å². The Morgan fingerprint density at radius 3 is 2.33 bits per heavy atom. The van der Waals surface area contributed by atoms with Crippen LogP contribution in [-0.4, -0.2) is 92.1 Å². The fraction of sp³-hybridized carbons (Fsp3) is 0.733. The summed E-state index contributed by atoms with van der Waals surface area (Å²) >= 11 is 0. The number of aliphatic carboxylic acids is 1. The maximum Gasteiger partial charge on any atom is 0.360 e. The average Bonchev–Trinajstić information content (AvgIpc) is 3.67. The number of carboxylic acids is 1. The van der Waals surface area contributed by atoms with Crippen molar-refractivity contribution in [2.45, 2.75) is 84.5 Å². The molecule has 0 aliphatic carbocycles. The topological polar surface area (TPSA) is 107 Å². The van der Waals surface area contributed by atoms with E-state index < -0.39 is 30.1 Å². The Balaban J connectivity index is 1.63. The maximum absolute atomic E-state index is 13.7. The van der Waals surface area contributed by atoms with Crippen LogP contribution in [0.25, 0.3) is 0 Å². The highest BCUT2D eigenvalue weighted by atomic mass is 16.9. The Morgan fingerprint density at radius 1 is 1.07 bits per heavy atom. The minimum absolute atomic E-state index is 0.0523. The van der Waals surface area contributed by atoms with Gasteiger partial charge in [0, 0.05) is 44.1 Å². The molecule has 10 heteroatoms. The number of likely N-dealkylation sites (tertiary alicyclic amines) is 1. The molecule has 4 atom stereocenters. The van der Waals surface area contributed by atoms with E-state index in [2.05, 4.69) is 32.6 Å². The zero-order valence-electron chi connectivity index (χ0n) is 24.6. The van der Waals surface area contributed by atoms with Gasteiger partial charge in [-0.1, -0.05) is 46.6 Å². The molecular weight excluding hydrogens is 516 g/mol. The van der Waals surface area contributed by atoms with Crippen molar-refractivity contribution in [3.8, 4) is 11.5 Å². The molecule has 1 aromatic rings. The van der Waals surface area contributed by atoms with E-state index in [1.807, 2.05) is 17.0 Å². The van der Waals surface area contributed by atoms with Crippen LogP contribution in [-0.2, 0) is 23.8 Å². The minimum atomic E-state index is -0.879. The lowest BCUT2D eigenvalue weighted by molar-refractivity contribution is -0.157. The van der Waals surface area contributed by atoms with Crippen LogP contribution in [0.5, 0.6) is 11.5 Å². The van der Waals surface area contributed by atoms with Crippen LogP contribution in [0.15, 0.2) is 18.2 Å². The second kappa shape index (κ2) is 13.5. The minimum Gasteiger partial charge on any atom is -0.481 e. The number of nitrogens with zero attached hydrogens (tertiary/aromatic N) is 2. The number of methoxy groups -OCH3 is 1. The summed E-state index contributed by atoms with van der Waals surface area (Å²) in [6.45, 7) is 10.6. The third-order valence-corrected chi connectivity index (χ3v) is 8.32. The van der Waals surface area contributed by atoms with Gasteiger partial charge >= 0.3 is 12.4 Å². The monoisotopic (exact) mass is 562 g/mol. The fourth-order valence-electron chi connectivity index (χ4n) is 6.13. The zero-order chi connectivity index (χ0) is 28.9. The number of unbranched alkanes of at least 4 members (excludes halogenated alkanes) is 2. The molecule has 4 unspecified atom stereocenters. The highest BCUT2D eigenvalue weighted by Gasteiger charge is 2.50. The molecular formula is C30H46N2O8. The van der Waals surface area contributed by atoms with Gasteiger partial charge in [-0.25, -0.2) is 0 Å². The van der Waals surface area contributed by atoms with Gasteiger partial charge in [0.1, 0.15) is 0 Å². The van der Waals surface area contributed by atoms with Crippen LogP contribution in [0, 0.1) is 11.3 Å². The molecule has 40 heavy (non-hydrogen) atoms. The Hall–Kier alpha value is -2.40. The number of amides is 1. The Morgan fingerprint density at radius 2 is 1.73 bits per heavy atom. The van der Waals surface area contributed by atoms with Crippen LogP contribution >= 0.6 is 0 Å². The molecule has 1 N–H and O–H groups in total. The van der Waals surface area contributed by atoms with Gasteiger partial charge in [0.15, 0.2) is 17.8 Å². The van der Waals surface area contributed by atoms with Gasteiger partial charge in [0.05, 0.1) is 25.7 Å². The molecule has 4 rings (SSSR count). The lowest BCUT2D eigenvalue weighted by Crippen LogP contribution is -2.47. The molecule has 0 saturated carbocycles. The quantitative estimate of drug-likeness (QED) is 0.359. The van der Waals surface area contributed by atoms with Crippen LogP contribution in [0.2, 0.25) is 0 Å². The summed E-state index contributed by atoms with van der Waals surface area (Å²) in [5.41, 5.74) is 0.391. The summed E-state index contributed by atoms with van der Waals surface area (Å²) in [6, 6.07) is 5.16. The Labute approximate surface area is 237 Å². The molecule has 0 bridgehead atoms. The number of hydrogen-bond donors (Lipinski definition) is 1. The summed E-state index contributed by atoms with van der Waals surface area (Å²) in [7, 11) is 1.50. The van der Waals surface area contributed by atoms with Crippen molar-refractivity contribution in [3.05, 3.63) is 23.8 Å². The standard InChI is InChI=1S/C30H46N2O8/c1-6-8-12-31(13-9-7-2)25(33)19-32-18-21(20-10-11-23-24(16-20)40-29(36-5)39-23)26(27(34)35)22(32)17-30(3,4)28-37-14-15-38-28/h10-11,16,21-22,26,28-29H,6-9,12-15,17-19H2,1-5H3,(H,34,35). The van der Waals surface area contributed by atoms with Gasteiger partial charge in [-0.3, -0.25) is 14.5 Å². The molecule has 224 valence electrons. The van der Waals surface area contributed by atoms with Gasteiger partial charge in [-0.2, -0.15) is 0 Å². The van der Waals surface area contributed by atoms with Gasteiger partial charge in [0.2, 0.25) is 5.91 Å². The number of carboxylic acid groups (broad SMARTS) is 1. The van der Waals surface area contributed by atoms with Crippen molar-refractivity contribution in [2.24, 2.45) is 11.3 Å². The average molecular weight is 563 g/mol. The van der Waals surface area contributed by atoms with Crippen molar-refractivity contribution in [3.63, 3.8) is 0 Å². The summed E-state index contributed by atoms with van der Waals surface area (Å²) in [4.78, 5) is 30.6. The van der Waals surface area contributed by atoms with Crippen LogP contribution < -0.4 is 9.47 Å². The molecule has 3 aliphatic heterocycles. The molecule has 0 radical (unpaired) electrons. The molecule has 0 spiro atoms. The smallest absolute Gasteiger partial charge is 0.360 e. The predicted octanol–water partition coefficient (Wildman–Crippen LogP) is 4.07. The van der Waals surface area contributed by atoms with E-state index in [1.54, 1.807) is 6.07 Å². The van der Waals surface area contributed by atoms with E-state index in [1.165, 1.54) is 7.11 Å². The summed E-state index contributed by atoms with van der Waals surface area (Å²) < 4.78 is 28.2. The highest BCUT2D eigenvalue weighted by Crippen LogP contribution is 2.46. The largest absolute Gasteiger partial charge is 0.481 e. The number of rotatable bonds is 14. The molecule has 0 aromatic heterocycles. The van der Waals surface area contributed by atoms with Crippen molar-refractivity contribution in [2.75, 3.05) is 46.5 Å². The molecule has 2 saturated heterocycles. The SMILES string of the molecule is CCCCN(CCCC)C(=O)CN1CC(c2ccc3c(c2)OC(OC)O3)C(C(=O)O)C1CC(C)(C)C1OCCO1. The van der Waals surface area contributed by atoms with Crippen LogP contribution in [0.3, 0.4) is 0 Å². The first-order valence-electron chi connectivity index (χ1n) is 14.7. The molecule has 1 aromatic carbocycles. The normalized spacial score (nSPS) is 25.0. The third kappa shape index (κ3) is 6.90. The number of benzene rings is 1. The van der Waals surface area contributed by atoms with E-state index in [-0.39, 0.29) is 24.4 Å². The summed E-state index contributed by atoms with van der Waals surface area (Å²) in [5.74, 6) is -0.813. The van der Waals surface area contributed by atoms with E-state index >= 15 is 0 Å². The van der Waals surface area contributed by atoms with Crippen LogP contribution in [0.4, 0.5) is 0 Å². The zero-order valence-corrected chi connectivity index (χ0v) is 24.6. The molecule has 1 amide bonds. The van der Waals surface area contributed by atoms with Gasteiger partial charge < -0.3 is 33.7 Å². The van der Waals surface area contributed by atoms with Crippen molar-refractivity contribution < 1.29 is 38.4 Å². The highest BCUT2D eigenvalue weighted by molar-refractivity contribution is 5.79. The predicted molar refractivity (Wildman–Crippen MR) is 148 cm³/mol. The van der Waals surface area contributed by atoms with E-state index in [0.717, 1.165) is 44.3 Å². The fourth-order valence-corrected chi connectivity index (χ4v) is 6.13. The maximum atomic E-state index is 13.7. The van der Waals surface area contributed by atoms with E-state index in [4.69, 9.17) is 23.7 Å². The van der Waals surface area contributed by atoms with Crippen molar-refractivity contribution >= 4 is 11.9 Å². The number of carbonyl (C=O) groups is 2. The Kier molecular flexibility index (Phi) is 10.3. The van der Waals surface area contributed by atoms with Crippen molar-refractivity contribution in [1.29, 1.82) is 0 Å². The molecule has 3 aliphatic rings. The van der Waals surface area contributed by atoms with E-state index in [9.17, 15) is 14.7 Å². The number of ether oxygens (including phenoxy) is 5. The third-order valence-electron chi connectivity index (χ3n) is 8.32. The first-order valence-corrected chi connectivity index (χ1v) is 14.7. The molecule has 10 nitrogen and oxygen atoms in total. The van der Waals surface area contributed by atoms with Gasteiger partial charge in [-0.15, -0.1) is 0 Å². The lowest BCUT2D eigenvalue weighted by atomic mass is 9.77. The Bertz CT molecular complexity index is 1000. The first kappa shape index (κ1) is 30.6. The first-order chi connectivity index (χ1) is 19.2. The van der Waals surface area contributed by atoms with E-state index in [0.29, 0.717) is 37.7 Å². The number of carbonyl (C=O) groups excluding carboxylic acids is 1. The van der Waals surface area contributed by atoms with Crippen LogP contribution in [0.1, 0.15) is 71.3 Å².